The fourth-order valence-electron chi connectivity index (χ4n) is 3.19. The number of H-pyrrole nitrogens is 1. The van der Waals surface area contributed by atoms with Crippen LogP contribution in [0.3, 0.4) is 0 Å². The summed E-state index contributed by atoms with van der Waals surface area (Å²) in [6, 6.07) is -0.0348. The summed E-state index contributed by atoms with van der Waals surface area (Å²) < 4.78 is 32.7. The van der Waals surface area contributed by atoms with Crippen molar-refractivity contribution < 1.29 is 17.9 Å². The van der Waals surface area contributed by atoms with Crippen molar-refractivity contribution in [3.05, 3.63) is 17.0 Å². The standard InChI is InChI=1S/C16H27N3O4S.ClH/c1-6-23-15(20)13-10(2)14(11(3)18-13)24(21,22)19-8-7-12(17)16(4,5)9-19;/h12,18H,6-9,17H2,1-5H3;1H. The van der Waals surface area contributed by atoms with Gasteiger partial charge >= 0.3 is 5.97 Å². The smallest absolute Gasteiger partial charge is 0.355 e. The molecule has 3 N–H and O–H groups in total. The maximum absolute atomic E-state index is 13.1. The van der Waals surface area contributed by atoms with E-state index in [1.165, 1.54) is 4.31 Å². The van der Waals surface area contributed by atoms with E-state index in [4.69, 9.17) is 10.5 Å². The number of nitrogens with one attached hydrogen (secondary N) is 1. The molecule has 7 nitrogen and oxygen atoms in total. The molecule has 0 saturated carbocycles. The Labute approximate surface area is 155 Å². The molecule has 1 unspecified atom stereocenters. The molecule has 2 heterocycles. The van der Waals surface area contributed by atoms with Crippen LogP contribution >= 0.6 is 12.4 Å². The molecular weight excluding hydrogens is 366 g/mol. The summed E-state index contributed by atoms with van der Waals surface area (Å²) in [5, 5.41) is 0. The molecule has 0 spiro atoms. The van der Waals surface area contributed by atoms with Gasteiger partial charge in [-0.15, -0.1) is 12.4 Å². The topological polar surface area (TPSA) is 105 Å². The van der Waals surface area contributed by atoms with Gasteiger partial charge in [-0.25, -0.2) is 13.2 Å². The van der Waals surface area contributed by atoms with Crippen LogP contribution in [-0.4, -0.2) is 49.4 Å². The first-order valence-corrected chi connectivity index (χ1v) is 9.58. The average Bonchev–Trinajstić information content (AvgIpc) is 2.77. The molecule has 9 heteroatoms. The van der Waals surface area contributed by atoms with E-state index >= 15 is 0 Å². The Morgan fingerprint density at radius 3 is 2.52 bits per heavy atom. The highest BCUT2D eigenvalue weighted by Crippen LogP contribution is 2.33. The van der Waals surface area contributed by atoms with Crippen molar-refractivity contribution >= 4 is 28.4 Å². The highest BCUT2D eigenvalue weighted by Gasteiger charge is 2.40. The number of sulfonamides is 1. The lowest BCUT2D eigenvalue weighted by Gasteiger charge is -2.41. The van der Waals surface area contributed by atoms with Crippen LogP contribution in [0, 0.1) is 19.3 Å². The van der Waals surface area contributed by atoms with Crippen molar-refractivity contribution in [2.24, 2.45) is 11.1 Å². The highest BCUT2D eigenvalue weighted by atomic mass is 35.5. The number of ether oxygens (including phenoxy) is 1. The summed E-state index contributed by atoms with van der Waals surface area (Å²) in [4.78, 5) is 15.0. The molecule has 0 aliphatic carbocycles. The molecule has 0 aromatic carbocycles. The minimum absolute atomic E-state index is 0. The van der Waals surface area contributed by atoms with Gasteiger partial charge in [-0.3, -0.25) is 0 Å². The van der Waals surface area contributed by atoms with Crippen LogP contribution in [0.25, 0.3) is 0 Å². The number of nitrogens with zero attached hydrogens (tertiary/aromatic N) is 1. The molecule has 1 fully saturated rings. The van der Waals surface area contributed by atoms with Crippen molar-refractivity contribution in [3.8, 4) is 0 Å². The SMILES string of the molecule is CCOC(=O)c1[nH]c(C)c(S(=O)(=O)N2CCC(N)C(C)(C)C2)c1C.Cl. The zero-order valence-corrected chi connectivity index (χ0v) is 17.0. The van der Waals surface area contributed by atoms with Crippen LogP contribution in [0.5, 0.6) is 0 Å². The third-order valence-electron chi connectivity index (χ3n) is 4.72. The first-order valence-electron chi connectivity index (χ1n) is 8.14. The lowest BCUT2D eigenvalue weighted by atomic mass is 9.81. The highest BCUT2D eigenvalue weighted by molar-refractivity contribution is 7.89. The minimum Gasteiger partial charge on any atom is -0.461 e. The summed E-state index contributed by atoms with van der Waals surface area (Å²) in [7, 11) is -3.71. The Bertz CT molecular complexity index is 743. The number of carbonyl (C=O) groups is 1. The van der Waals surface area contributed by atoms with E-state index in [1.54, 1.807) is 20.8 Å². The molecule has 0 bridgehead atoms. The summed E-state index contributed by atoms with van der Waals surface area (Å²) in [5.74, 6) is -0.541. The van der Waals surface area contributed by atoms with E-state index in [2.05, 4.69) is 4.98 Å². The van der Waals surface area contributed by atoms with E-state index in [0.717, 1.165) is 0 Å². The van der Waals surface area contributed by atoms with Gasteiger partial charge in [-0.1, -0.05) is 13.8 Å². The summed E-state index contributed by atoms with van der Waals surface area (Å²) in [6.45, 7) is 9.91. The van der Waals surface area contributed by atoms with Crippen LogP contribution in [0.15, 0.2) is 4.90 Å². The third-order valence-corrected chi connectivity index (χ3v) is 6.84. The number of aromatic nitrogens is 1. The van der Waals surface area contributed by atoms with E-state index in [0.29, 0.717) is 30.8 Å². The van der Waals surface area contributed by atoms with Gasteiger partial charge in [-0.2, -0.15) is 4.31 Å². The largest absolute Gasteiger partial charge is 0.461 e. The van der Waals surface area contributed by atoms with Crippen LogP contribution < -0.4 is 5.73 Å². The number of nitrogens with two attached hydrogens (primary N) is 1. The number of halogens is 1. The first-order chi connectivity index (χ1) is 11.0. The number of hydrogen-bond acceptors (Lipinski definition) is 5. The van der Waals surface area contributed by atoms with Crippen LogP contribution in [0.4, 0.5) is 0 Å². The van der Waals surface area contributed by atoms with Crippen molar-refractivity contribution in [3.63, 3.8) is 0 Å². The van der Waals surface area contributed by atoms with E-state index < -0.39 is 16.0 Å². The Hall–Kier alpha value is -1.09. The quantitative estimate of drug-likeness (QED) is 0.761. The fourth-order valence-corrected chi connectivity index (χ4v) is 5.22. The Morgan fingerprint density at radius 1 is 1.40 bits per heavy atom. The summed E-state index contributed by atoms with van der Waals surface area (Å²) in [6.07, 6.45) is 0.611. The molecule has 1 atom stereocenters. The van der Waals surface area contributed by atoms with Crippen molar-refractivity contribution in [1.29, 1.82) is 0 Å². The van der Waals surface area contributed by atoms with Gasteiger partial charge in [0, 0.05) is 30.4 Å². The van der Waals surface area contributed by atoms with E-state index in [9.17, 15) is 13.2 Å². The fraction of sp³-hybridized carbons (Fsp3) is 0.688. The van der Waals surface area contributed by atoms with Gasteiger partial charge < -0.3 is 15.5 Å². The molecule has 2 rings (SSSR count). The zero-order valence-electron chi connectivity index (χ0n) is 15.4. The Kier molecular flexibility index (Phi) is 6.72. The number of esters is 1. The van der Waals surface area contributed by atoms with Gasteiger partial charge in [0.05, 0.1) is 6.61 Å². The molecule has 1 aliphatic rings. The van der Waals surface area contributed by atoms with Crippen molar-refractivity contribution in [2.75, 3.05) is 19.7 Å². The van der Waals surface area contributed by atoms with Crippen LogP contribution in [0.2, 0.25) is 0 Å². The predicted octanol–water partition coefficient (Wildman–Crippen LogP) is 1.98. The Balaban J connectivity index is 0.00000312. The van der Waals surface area contributed by atoms with Gasteiger partial charge in [0.25, 0.3) is 0 Å². The lowest BCUT2D eigenvalue weighted by molar-refractivity contribution is 0.0519. The molecule has 0 amide bonds. The van der Waals surface area contributed by atoms with Gasteiger partial charge in [0.15, 0.2) is 0 Å². The average molecular weight is 394 g/mol. The number of carbonyl (C=O) groups excluding carboxylic acids is 1. The number of hydrogen-bond donors (Lipinski definition) is 2. The number of aryl methyl sites for hydroxylation is 1. The predicted molar refractivity (Wildman–Crippen MR) is 98.6 cm³/mol. The normalized spacial score (nSPS) is 20.8. The molecule has 0 radical (unpaired) electrons. The molecule has 1 saturated heterocycles. The second kappa shape index (κ2) is 7.65. The monoisotopic (exact) mass is 393 g/mol. The second-order valence-corrected chi connectivity index (χ2v) is 8.90. The van der Waals surface area contributed by atoms with E-state index in [1.807, 2.05) is 13.8 Å². The number of piperidine rings is 1. The summed E-state index contributed by atoms with van der Waals surface area (Å²) in [5.41, 5.74) is 6.85. The maximum Gasteiger partial charge on any atom is 0.355 e. The third kappa shape index (κ3) is 4.02. The molecule has 1 aromatic rings. The van der Waals surface area contributed by atoms with E-state index in [-0.39, 0.29) is 41.1 Å². The minimum atomic E-state index is -3.71. The molecular formula is C16H28ClN3O4S. The second-order valence-electron chi connectivity index (χ2n) is 7.02. The molecule has 144 valence electrons. The number of rotatable bonds is 4. The lowest BCUT2D eigenvalue weighted by Crippen LogP contribution is -2.53. The maximum atomic E-state index is 13.1. The molecule has 1 aliphatic heterocycles. The zero-order chi connectivity index (χ0) is 18.3. The van der Waals surface area contributed by atoms with Gasteiger partial charge in [0.2, 0.25) is 10.0 Å². The Morgan fingerprint density at radius 2 is 2.00 bits per heavy atom. The van der Waals surface area contributed by atoms with Crippen molar-refractivity contribution in [2.45, 2.75) is 52.0 Å². The van der Waals surface area contributed by atoms with Crippen LogP contribution in [-0.2, 0) is 14.8 Å². The molecule has 25 heavy (non-hydrogen) atoms. The van der Waals surface area contributed by atoms with Gasteiger partial charge in [0.1, 0.15) is 10.6 Å². The summed E-state index contributed by atoms with van der Waals surface area (Å²) >= 11 is 0. The van der Waals surface area contributed by atoms with Gasteiger partial charge in [-0.05, 0) is 32.6 Å². The van der Waals surface area contributed by atoms with Crippen molar-refractivity contribution in [1.82, 2.24) is 9.29 Å². The van der Waals surface area contributed by atoms with Crippen LogP contribution in [0.1, 0.15) is 48.9 Å². The first kappa shape index (κ1) is 22.0. The molecule has 1 aromatic heterocycles. The number of aromatic amines is 1.